The van der Waals surface area contributed by atoms with Crippen LogP contribution in [0.5, 0.6) is 0 Å². The Balaban J connectivity index is 2.16. The van der Waals surface area contributed by atoms with Gasteiger partial charge in [-0.25, -0.2) is 4.39 Å². The third-order valence-corrected chi connectivity index (χ3v) is 3.46. The van der Waals surface area contributed by atoms with Crippen LogP contribution in [-0.4, -0.2) is 23.5 Å². The number of aryl methyl sites for hydroxylation is 1. The van der Waals surface area contributed by atoms with Crippen molar-refractivity contribution in [3.63, 3.8) is 0 Å². The van der Waals surface area contributed by atoms with Crippen molar-refractivity contribution in [1.82, 2.24) is 9.88 Å². The Hall–Kier alpha value is -1.78. The Morgan fingerprint density at radius 1 is 1.30 bits per heavy atom. The molecule has 0 spiro atoms. The van der Waals surface area contributed by atoms with Crippen LogP contribution in [-0.2, 0) is 6.54 Å². The fourth-order valence-electron chi connectivity index (χ4n) is 2.30. The molecular formula is C16H20FN3. The van der Waals surface area contributed by atoms with Gasteiger partial charge in [0.25, 0.3) is 0 Å². The molecule has 3 nitrogen and oxygen atoms in total. The molecule has 0 amide bonds. The Morgan fingerprint density at radius 3 is 2.70 bits per heavy atom. The van der Waals surface area contributed by atoms with Gasteiger partial charge in [-0.05, 0) is 43.3 Å². The summed E-state index contributed by atoms with van der Waals surface area (Å²) in [5, 5.41) is 0. The van der Waals surface area contributed by atoms with Crippen molar-refractivity contribution >= 4 is 0 Å². The van der Waals surface area contributed by atoms with Crippen LogP contribution in [0.3, 0.4) is 0 Å². The molecule has 0 aliphatic carbocycles. The zero-order valence-corrected chi connectivity index (χ0v) is 11.9. The maximum atomic E-state index is 13.4. The summed E-state index contributed by atoms with van der Waals surface area (Å²) in [7, 11) is 2.00. The standard InChI is InChI=1S/C16H20FN3/c1-12-9-13(6-7-15(12)17)16(10-18)20(2)11-14-5-3-4-8-19-14/h3-9,16H,10-11,18H2,1-2H3. The number of pyridine rings is 1. The average Bonchev–Trinajstić information content (AvgIpc) is 2.44. The third-order valence-electron chi connectivity index (χ3n) is 3.46. The van der Waals surface area contributed by atoms with Gasteiger partial charge >= 0.3 is 0 Å². The van der Waals surface area contributed by atoms with Crippen molar-refractivity contribution in [2.75, 3.05) is 13.6 Å². The van der Waals surface area contributed by atoms with Crippen LogP contribution in [0.25, 0.3) is 0 Å². The zero-order chi connectivity index (χ0) is 14.5. The summed E-state index contributed by atoms with van der Waals surface area (Å²) in [5.41, 5.74) is 8.56. The van der Waals surface area contributed by atoms with Gasteiger partial charge in [-0.1, -0.05) is 18.2 Å². The summed E-state index contributed by atoms with van der Waals surface area (Å²) < 4.78 is 13.4. The number of hydrogen-bond donors (Lipinski definition) is 1. The Kier molecular flexibility index (Phi) is 4.82. The number of benzene rings is 1. The van der Waals surface area contributed by atoms with E-state index in [1.165, 1.54) is 6.07 Å². The molecule has 0 aliphatic rings. The van der Waals surface area contributed by atoms with Crippen LogP contribution in [0.2, 0.25) is 0 Å². The van der Waals surface area contributed by atoms with Crippen molar-refractivity contribution in [1.29, 1.82) is 0 Å². The summed E-state index contributed by atoms with van der Waals surface area (Å²) in [5.74, 6) is -0.183. The minimum Gasteiger partial charge on any atom is -0.329 e. The number of likely N-dealkylation sites (N-methyl/N-ethyl adjacent to an activating group) is 1. The van der Waals surface area contributed by atoms with E-state index in [9.17, 15) is 4.39 Å². The first-order chi connectivity index (χ1) is 9.61. The highest BCUT2D eigenvalue weighted by Crippen LogP contribution is 2.22. The molecule has 0 radical (unpaired) electrons. The molecule has 0 aliphatic heterocycles. The second-order valence-electron chi connectivity index (χ2n) is 5.00. The predicted molar refractivity (Wildman–Crippen MR) is 78.6 cm³/mol. The first-order valence-corrected chi connectivity index (χ1v) is 6.68. The zero-order valence-electron chi connectivity index (χ0n) is 11.9. The van der Waals surface area contributed by atoms with E-state index in [1.54, 1.807) is 19.2 Å². The number of nitrogens with two attached hydrogens (primary N) is 1. The van der Waals surface area contributed by atoms with E-state index in [0.29, 0.717) is 18.7 Å². The molecule has 1 atom stereocenters. The van der Waals surface area contributed by atoms with Gasteiger partial charge in [0.15, 0.2) is 0 Å². The second-order valence-corrected chi connectivity index (χ2v) is 5.00. The molecule has 1 unspecified atom stereocenters. The number of rotatable bonds is 5. The van der Waals surface area contributed by atoms with Crippen LogP contribution < -0.4 is 5.73 Å². The lowest BCUT2D eigenvalue weighted by Gasteiger charge is -2.27. The average molecular weight is 273 g/mol. The number of halogens is 1. The SMILES string of the molecule is Cc1cc(C(CN)N(C)Cc2ccccn2)ccc1F. The molecule has 2 N–H and O–H groups in total. The molecule has 106 valence electrons. The van der Waals surface area contributed by atoms with Gasteiger partial charge in [0, 0.05) is 25.3 Å². The van der Waals surface area contributed by atoms with Crippen molar-refractivity contribution in [2.45, 2.75) is 19.5 Å². The van der Waals surface area contributed by atoms with Gasteiger partial charge in [-0.3, -0.25) is 9.88 Å². The third kappa shape index (κ3) is 3.40. The van der Waals surface area contributed by atoms with Crippen molar-refractivity contribution < 1.29 is 4.39 Å². The lowest BCUT2D eigenvalue weighted by molar-refractivity contribution is 0.239. The highest BCUT2D eigenvalue weighted by atomic mass is 19.1. The predicted octanol–water partition coefficient (Wildman–Crippen LogP) is 2.66. The maximum Gasteiger partial charge on any atom is 0.126 e. The molecule has 1 heterocycles. The van der Waals surface area contributed by atoms with E-state index in [4.69, 9.17) is 5.73 Å². The quantitative estimate of drug-likeness (QED) is 0.910. The minimum absolute atomic E-state index is 0.0521. The van der Waals surface area contributed by atoms with Crippen LogP contribution >= 0.6 is 0 Å². The normalized spacial score (nSPS) is 12.7. The van der Waals surface area contributed by atoms with Crippen LogP contribution in [0, 0.1) is 12.7 Å². The van der Waals surface area contributed by atoms with E-state index in [1.807, 2.05) is 31.3 Å². The highest BCUT2D eigenvalue weighted by molar-refractivity contribution is 5.27. The molecule has 2 rings (SSSR count). The van der Waals surface area contributed by atoms with Crippen LogP contribution in [0.4, 0.5) is 4.39 Å². The van der Waals surface area contributed by atoms with Crippen LogP contribution in [0.1, 0.15) is 22.9 Å². The largest absolute Gasteiger partial charge is 0.329 e. The Morgan fingerprint density at radius 2 is 2.10 bits per heavy atom. The molecule has 1 aromatic heterocycles. The molecular weight excluding hydrogens is 253 g/mol. The molecule has 0 saturated carbocycles. The maximum absolute atomic E-state index is 13.4. The molecule has 4 heteroatoms. The fourth-order valence-corrected chi connectivity index (χ4v) is 2.30. The van der Waals surface area contributed by atoms with Crippen LogP contribution in [0.15, 0.2) is 42.6 Å². The number of nitrogens with zero attached hydrogens (tertiary/aromatic N) is 2. The summed E-state index contributed by atoms with van der Waals surface area (Å²) in [6.07, 6.45) is 1.78. The van der Waals surface area contributed by atoms with Crippen molar-refractivity contribution in [2.24, 2.45) is 5.73 Å². The molecule has 0 bridgehead atoms. The summed E-state index contributed by atoms with van der Waals surface area (Å²) in [4.78, 5) is 6.45. The lowest BCUT2D eigenvalue weighted by atomic mass is 10.0. The first-order valence-electron chi connectivity index (χ1n) is 6.68. The summed E-state index contributed by atoms with van der Waals surface area (Å²) in [6, 6.07) is 11.1. The fraction of sp³-hybridized carbons (Fsp3) is 0.312. The summed E-state index contributed by atoms with van der Waals surface area (Å²) >= 11 is 0. The number of hydrogen-bond acceptors (Lipinski definition) is 3. The van der Waals surface area contributed by atoms with Gasteiger partial charge in [0.1, 0.15) is 5.82 Å². The Labute approximate surface area is 119 Å². The number of aromatic nitrogens is 1. The van der Waals surface area contributed by atoms with E-state index < -0.39 is 0 Å². The molecule has 2 aromatic rings. The highest BCUT2D eigenvalue weighted by Gasteiger charge is 2.16. The van der Waals surface area contributed by atoms with E-state index in [-0.39, 0.29) is 11.9 Å². The molecule has 1 aromatic carbocycles. The van der Waals surface area contributed by atoms with Gasteiger partial charge in [-0.15, -0.1) is 0 Å². The van der Waals surface area contributed by atoms with Gasteiger partial charge in [0.2, 0.25) is 0 Å². The minimum atomic E-state index is -0.183. The lowest BCUT2D eigenvalue weighted by Crippen LogP contribution is -2.30. The molecule has 0 fully saturated rings. The molecule has 0 saturated heterocycles. The van der Waals surface area contributed by atoms with Gasteiger partial charge in [0.05, 0.1) is 5.69 Å². The topological polar surface area (TPSA) is 42.1 Å². The molecule has 20 heavy (non-hydrogen) atoms. The van der Waals surface area contributed by atoms with E-state index in [0.717, 1.165) is 11.3 Å². The van der Waals surface area contributed by atoms with Gasteiger partial charge < -0.3 is 5.73 Å². The Bertz CT molecular complexity index is 557. The monoisotopic (exact) mass is 273 g/mol. The van der Waals surface area contributed by atoms with Crippen molar-refractivity contribution in [3.8, 4) is 0 Å². The van der Waals surface area contributed by atoms with Crippen molar-refractivity contribution in [3.05, 3.63) is 65.2 Å². The van der Waals surface area contributed by atoms with Gasteiger partial charge in [-0.2, -0.15) is 0 Å². The first kappa shape index (κ1) is 14.6. The smallest absolute Gasteiger partial charge is 0.126 e. The van der Waals surface area contributed by atoms with E-state index in [2.05, 4.69) is 9.88 Å². The summed E-state index contributed by atoms with van der Waals surface area (Å²) in [6.45, 7) is 2.96. The van der Waals surface area contributed by atoms with E-state index >= 15 is 0 Å². The second kappa shape index (κ2) is 6.59.